The highest BCUT2D eigenvalue weighted by Gasteiger charge is 2.38. The Hall–Kier alpha value is -2.64. The van der Waals surface area contributed by atoms with E-state index in [1.54, 1.807) is 42.5 Å². The first-order valence-electron chi connectivity index (χ1n) is 7.78. The zero-order valence-electron chi connectivity index (χ0n) is 13.5. The number of hydrogen-bond acceptors (Lipinski definition) is 5. The molecule has 1 heterocycles. The van der Waals surface area contributed by atoms with Crippen molar-refractivity contribution in [1.29, 1.82) is 0 Å². The summed E-state index contributed by atoms with van der Waals surface area (Å²) in [5, 5.41) is 18.6. The van der Waals surface area contributed by atoms with Crippen LogP contribution in [0.3, 0.4) is 0 Å². The van der Waals surface area contributed by atoms with E-state index in [9.17, 15) is 19.8 Å². The largest absolute Gasteiger partial charge is 0.508 e. The zero-order chi connectivity index (χ0) is 18.7. The van der Waals surface area contributed by atoms with Crippen LogP contribution in [0.1, 0.15) is 23.6 Å². The van der Waals surface area contributed by atoms with Gasteiger partial charge >= 0.3 is 5.97 Å². The summed E-state index contributed by atoms with van der Waals surface area (Å²) < 4.78 is 0.329. The quantitative estimate of drug-likeness (QED) is 0.602. The van der Waals surface area contributed by atoms with Crippen molar-refractivity contribution in [3.8, 4) is 5.75 Å². The molecule has 1 fully saturated rings. The number of carboxylic acid groups (broad SMARTS) is 1. The van der Waals surface area contributed by atoms with Crippen LogP contribution >= 0.6 is 24.0 Å². The minimum atomic E-state index is -1.00. The van der Waals surface area contributed by atoms with Gasteiger partial charge in [0.05, 0.1) is 17.4 Å². The number of carbonyl (C=O) groups is 2. The second kappa shape index (κ2) is 7.72. The van der Waals surface area contributed by atoms with Crippen LogP contribution in [0.15, 0.2) is 59.5 Å². The van der Waals surface area contributed by atoms with Crippen molar-refractivity contribution in [3.63, 3.8) is 0 Å². The molecule has 132 valence electrons. The maximum absolute atomic E-state index is 12.9. The van der Waals surface area contributed by atoms with Gasteiger partial charge in [0.2, 0.25) is 0 Å². The summed E-state index contributed by atoms with van der Waals surface area (Å²) in [5.74, 6) is -1.18. The SMILES string of the molecule is O=C(O)C[C@@H](c1ccccc1)N1C(=O)/C(=C/c2ccc(O)cc2)SC1=S. The Labute approximate surface area is 160 Å². The molecular formula is C19H15NO4S2. The van der Waals surface area contributed by atoms with Gasteiger partial charge in [-0.15, -0.1) is 0 Å². The maximum Gasteiger partial charge on any atom is 0.305 e. The van der Waals surface area contributed by atoms with Gasteiger partial charge < -0.3 is 10.2 Å². The third-order valence-electron chi connectivity index (χ3n) is 3.88. The summed E-state index contributed by atoms with van der Waals surface area (Å²) in [6, 6.07) is 14.8. The summed E-state index contributed by atoms with van der Waals surface area (Å²) >= 11 is 6.50. The molecule has 2 aromatic carbocycles. The van der Waals surface area contributed by atoms with E-state index in [0.29, 0.717) is 9.23 Å². The van der Waals surface area contributed by atoms with E-state index in [4.69, 9.17) is 12.2 Å². The predicted molar refractivity (Wildman–Crippen MR) is 105 cm³/mol. The highest BCUT2D eigenvalue weighted by atomic mass is 32.2. The van der Waals surface area contributed by atoms with Crippen molar-refractivity contribution in [3.05, 3.63) is 70.6 Å². The molecule has 0 saturated carbocycles. The Balaban J connectivity index is 1.93. The molecular weight excluding hydrogens is 370 g/mol. The molecule has 0 aliphatic carbocycles. The van der Waals surface area contributed by atoms with Crippen molar-refractivity contribution >= 4 is 46.3 Å². The van der Waals surface area contributed by atoms with E-state index in [1.165, 1.54) is 17.0 Å². The molecule has 0 spiro atoms. The van der Waals surface area contributed by atoms with Crippen molar-refractivity contribution in [2.24, 2.45) is 0 Å². The number of hydrogen-bond donors (Lipinski definition) is 2. The zero-order valence-corrected chi connectivity index (χ0v) is 15.2. The van der Waals surface area contributed by atoms with Crippen molar-refractivity contribution in [2.75, 3.05) is 0 Å². The number of thioether (sulfide) groups is 1. The number of phenols is 1. The summed E-state index contributed by atoms with van der Waals surface area (Å²) in [6.45, 7) is 0. The number of benzene rings is 2. The molecule has 1 amide bonds. The fourth-order valence-corrected chi connectivity index (χ4v) is 4.03. The molecule has 3 rings (SSSR count). The Morgan fingerprint density at radius 2 is 1.81 bits per heavy atom. The van der Waals surface area contributed by atoms with Gasteiger partial charge in [-0.3, -0.25) is 14.5 Å². The van der Waals surface area contributed by atoms with Gasteiger partial charge in [-0.1, -0.05) is 66.4 Å². The van der Waals surface area contributed by atoms with E-state index < -0.39 is 12.0 Å². The van der Waals surface area contributed by atoms with E-state index in [1.807, 2.05) is 6.07 Å². The van der Waals surface area contributed by atoms with Crippen LogP contribution < -0.4 is 0 Å². The Bertz CT molecular complexity index is 878. The lowest BCUT2D eigenvalue weighted by Crippen LogP contribution is -2.34. The summed E-state index contributed by atoms with van der Waals surface area (Å²) in [5.41, 5.74) is 1.47. The van der Waals surface area contributed by atoms with Crippen LogP contribution in [0.5, 0.6) is 5.75 Å². The van der Waals surface area contributed by atoms with Gasteiger partial charge in [0.15, 0.2) is 0 Å². The lowest BCUT2D eigenvalue weighted by Gasteiger charge is -2.26. The molecule has 1 aliphatic heterocycles. The monoisotopic (exact) mass is 385 g/mol. The number of aliphatic carboxylic acids is 1. The Morgan fingerprint density at radius 1 is 1.15 bits per heavy atom. The molecule has 2 N–H and O–H groups in total. The smallest absolute Gasteiger partial charge is 0.305 e. The summed E-state index contributed by atoms with van der Waals surface area (Å²) in [6.07, 6.45) is 1.45. The lowest BCUT2D eigenvalue weighted by molar-refractivity contribution is -0.138. The molecule has 7 heteroatoms. The number of aromatic hydroxyl groups is 1. The standard InChI is InChI=1S/C19H15NO4S2/c21-14-8-6-12(7-9-14)10-16-18(24)20(19(25)26-16)15(11-17(22)23)13-4-2-1-3-5-13/h1-10,15,21H,11H2,(H,22,23)/b16-10-/t15-/m0/s1. The number of carboxylic acids is 1. The number of carbonyl (C=O) groups excluding carboxylic acids is 1. The summed E-state index contributed by atoms with van der Waals surface area (Å²) in [7, 11) is 0. The molecule has 0 unspecified atom stereocenters. The number of rotatable bonds is 5. The average Bonchev–Trinajstić information content (AvgIpc) is 2.89. The van der Waals surface area contributed by atoms with Crippen LogP contribution in [-0.2, 0) is 9.59 Å². The maximum atomic E-state index is 12.9. The lowest BCUT2D eigenvalue weighted by atomic mass is 10.0. The van der Waals surface area contributed by atoms with Gasteiger partial charge in [0, 0.05) is 0 Å². The molecule has 0 aromatic heterocycles. The Morgan fingerprint density at radius 3 is 2.42 bits per heavy atom. The van der Waals surface area contributed by atoms with Crippen LogP contribution in [0, 0.1) is 0 Å². The predicted octanol–water partition coefficient (Wildman–Crippen LogP) is 3.81. The Kier molecular flexibility index (Phi) is 5.39. The van der Waals surface area contributed by atoms with Gasteiger partial charge in [-0.2, -0.15) is 0 Å². The third-order valence-corrected chi connectivity index (χ3v) is 5.21. The highest BCUT2D eigenvalue weighted by Crippen LogP contribution is 2.39. The molecule has 2 aromatic rings. The second-order valence-electron chi connectivity index (χ2n) is 5.67. The fraction of sp³-hybridized carbons (Fsp3) is 0.105. The molecule has 1 saturated heterocycles. The fourth-order valence-electron chi connectivity index (χ4n) is 2.67. The van der Waals surface area contributed by atoms with Gasteiger partial charge in [-0.25, -0.2) is 0 Å². The minimum Gasteiger partial charge on any atom is -0.508 e. The number of thiocarbonyl (C=S) groups is 1. The van der Waals surface area contributed by atoms with E-state index in [-0.39, 0.29) is 18.1 Å². The first-order chi connectivity index (χ1) is 12.5. The third kappa shape index (κ3) is 3.95. The molecule has 1 aliphatic rings. The molecule has 5 nitrogen and oxygen atoms in total. The number of phenolic OH excluding ortho intramolecular Hbond substituents is 1. The number of amides is 1. The van der Waals surface area contributed by atoms with Gasteiger partial charge in [-0.05, 0) is 29.3 Å². The topological polar surface area (TPSA) is 77.8 Å². The first kappa shape index (κ1) is 18.2. The van der Waals surface area contributed by atoms with E-state index in [2.05, 4.69) is 0 Å². The second-order valence-corrected chi connectivity index (χ2v) is 7.34. The molecule has 0 radical (unpaired) electrons. The normalized spacial score (nSPS) is 16.9. The van der Waals surface area contributed by atoms with E-state index >= 15 is 0 Å². The minimum absolute atomic E-state index is 0.139. The van der Waals surface area contributed by atoms with Gasteiger partial charge in [0.25, 0.3) is 5.91 Å². The first-order valence-corrected chi connectivity index (χ1v) is 9.01. The molecule has 0 bridgehead atoms. The van der Waals surface area contributed by atoms with Crippen molar-refractivity contribution < 1.29 is 19.8 Å². The van der Waals surface area contributed by atoms with E-state index in [0.717, 1.165) is 22.9 Å². The van der Waals surface area contributed by atoms with Crippen molar-refractivity contribution in [1.82, 2.24) is 4.90 Å². The van der Waals surface area contributed by atoms with Gasteiger partial charge in [0.1, 0.15) is 10.1 Å². The number of nitrogens with zero attached hydrogens (tertiary/aromatic N) is 1. The van der Waals surface area contributed by atoms with Crippen LogP contribution in [0.4, 0.5) is 0 Å². The van der Waals surface area contributed by atoms with Crippen LogP contribution in [0.2, 0.25) is 0 Å². The highest BCUT2D eigenvalue weighted by molar-refractivity contribution is 8.26. The van der Waals surface area contributed by atoms with Crippen LogP contribution in [0.25, 0.3) is 6.08 Å². The van der Waals surface area contributed by atoms with Crippen LogP contribution in [-0.4, -0.2) is 31.3 Å². The van der Waals surface area contributed by atoms with Crippen molar-refractivity contribution in [2.45, 2.75) is 12.5 Å². The molecule has 26 heavy (non-hydrogen) atoms. The summed E-state index contributed by atoms with van der Waals surface area (Å²) in [4.78, 5) is 26.0. The average molecular weight is 385 g/mol. The molecule has 1 atom stereocenters.